The maximum Gasteiger partial charge on any atom is 0.142 e. The minimum absolute atomic E-state index is 0.788. The molecule has 1 aromatic carbocycles. The number of rotatable bonds is 1. The van der Waals surface area contributed by atoms with Crippen molar-refractivity contribution in [1.29, 1.82) is 0 Å². The van der Waals surface area contributed by atoms with Gasteiger partial charge in [-0.05, 0) is 18.2 Å². The van der Waals surface area contributed by atoms with Crippen LogP contribution in [-0.4, -0.2) is 4.98 Å². The number of fused-ring (bicyclic) bond motifs is 1. The monoisotopic (exact) mass is 194 g/mol. The summed E-state index contributed by atoms with van der Waals surface area (Å²) in [5.41, 5.74) is 1.78. The molecule has 71 valence electrons. The fourth-order valence-corrected chi connectivity index (χ4v) is 1.57. The van der Waals surface area contributed by atoms with Gasteiger partial charge in [0, 0.05) is 29.4 Å². The molecule has 0 aliphatic heterocycles. The SMILES string of the molecule is [c]1cccc2cc(-c3cccnc3)oc12. The maximum absolute atomic E-state index is 5.66. The topological polar surface area (TPSA) is 26.0 Å². The van der Waals surface area contributed by atoms with E-state index in [1.165, 1.54) is 0 Å². The Hall–Kier alpha value is -2.09. The Balaban J connectivity index is 2.21. The van der Waals surface area contributed by atoms with Gasteiger partial charge in [-0.2, -0.15) is 0 Å². The predicted octanol–water partition coefficient (Wildman–Crippen LogP) is 3.29. The van der Waals surface area contributed by atoms with Crippen LogP contribution < -0.4 is 0 Å². The third-order valence-corrected chi connectivity index (χ3v) is 2.29. The van der Waals surface area contributed by atoms with Crippen LogP contribution in [0.3, 0.4) is 0 Å². The number of aromatic nitrogens is 1. The van der Waals surface area contributed by atoms with Crippen molar-refractivity contribution in [2.75, 3.05) is 0 Å². The second-order valence-electron chi connectivity index (χ2n) is 3.31. The lowest BCUT2D eigenvalue weighted by atomic mass is 10.2. The van der Waals surface area contributed by atoms with Gasteiger partial charge in [0.1, 0.15) is 11.3 Å². The number of para-hydroxylation sites is 1. The van der Waals surface area contributed by atoms with Crippen LogP contribution in [0, 0.1) is 6.07 Å². The minimum Gasteiger partial charge on any atom is -0.455 e. The summed E-state index contributed by atoms with van der Waals surface area (Å²) in [7, 11) is 0. The molecule has 0 aliphatic rings. The second kappa shape index (κ2) is 3.24. The molecule has 0 saturated carbocycles. The van der Waals surface area contributed by atoms with Crippen LogP contribution in [0.1, 0.15) is 0 Å². The van der Waals surface area contributed by atoms with Crippen LogP contribution in [0.2, 0.25) is 0 Å². The Morgan fingerprint density at radius 2 is 2.20 bits per heavy atom. The molecule has 0 fully saturated rings. The molecule has 0 N–H and O–H groups in total. The average molecular weight is 194 g/mol. The predicted molar refractivity (Wildman–Crippen MR) is 58.3 cm³/mol. The molecule has 0 unspecified atom stereocenters. The van der Waals surface area contributed by atoms with E-state index in [1.807, 2.05) is 36.4 Å². The lowest BCUT2D eigenvalue weighted by molar-refractivity contribution is 0.630. The Morgan fingerprint density at radius 3 is 3.00 bits per heavy atom. The summed E-state index contributed by atoms with van der Waals surface area (Å²) in [6.45, 7) is 0. The Labute approximate surface area is 87.2 Å². The van der Waals surface area contributed by atoms with E-state index in [4.69, 9.17) is 4.42 Å². The number of nitrogens with zero attached hydrogens (tertiary/aromatic N) is 1. The van der Waals surface area contributed by atoms with Crippen LogP contribution in [0.5, 0.6) is 0 Å². The zero-order chi connectivity index (χ0) is 10.1. The standard InChI is InChI=1S/C13H8NO/c1-2-6-12-10(4-1)8-13(15-12)11-5-3-7-14-9-11/h1-5,7-9H. The number of pyridine rings is 1. The molecule has 0 amide bonds. The molecule has 2 nitrogen and oxygen atoms in total. The molecule has 2 heteroatoms. The summed E-state index contributed by atoms with van der Waals surface area (Å²) in [6.07, 6.45) is 3.54. The van der Waals surface area contributed by atoms with E-state index in [2.05, 4.69) is 11.1 Å². The molecule has 1 radical (unpaired) electrons. The first-order chi connectivity index (χ1) is 7.43. The molecule has 0 saturated heterocycles. The van der Waals surface area contributed by atoms with Crippen LogP contribution in [0.25, 0.3) is 22.3 Å². The number of hydrogen-bond acceptors (Lipinski definition) is 2. The highest BCUT2D eigenvalue weighted by atomic mass is 16.3. The van der Waals surface area contributed by atoms with Gasteiger partial charge in [0.05, 0.1) is 0 Å². The van der Waals surface area contributed by atoms with Crippen molar-refractivity contribution < 1.29 is 4.42 Å². The molecule has 0 atom stereocenters. The minimum atomic E-state index is 0.788. The summed E-state index contributed by atoms with van der Waals surface area (Å²) < 4.78 is 5.66. The van der Waals surface area contributed by atoms with E-state index in [0.717, 1.165) is 22.3 Å². The molecular weight excluding hydrogens is 186 g/mol. The molecule has 15 heavy (non-hydrogen) atoms. The van der Waals surface area contributed by atoms with Gasteiger partial charge in [-0.3, -0.25) is 4.98 Å². The molecule has 0 bridgehead atoms. The van der Waals surface area contributed by atoms with Gasteiger partial charge in [-0.25, -0.2) is 0 Å². The van der Waals surface area contributed by atoms with Crippen LogP contribution in [0.4, 0.5) is 0 Å². The Morgan fingerprint density at radius 1 is 1.20 bits per heavy atom. The van der Waals surface area contributed by atoms with Crippen molar-refractivity contribution in [3.05, 3.63) is 54.9 Å². The highest BCUT2D eigenvalue weighted by Crippen LogP contribution is 2.26. The first-order valence-corrected chi connectivity index (χ1v) is 4.74. The fourth-order valence-electron chi connectivity index (χ4n) is 1.57. The highest BCUT2D eigenvalue weighted by Gasteiger charge is 2.04. The van der Waals surface area contributed by atoms with Gasteiger partial charge < -0.3 is 4.42 Å². The summed E-state index contributed by atoms with van der Waals surface area (Å²) in [4.78, 5) is 4.06. The van der Waals surface area contributed by atoms with Crippen molar-refractivity contribution in [3.63, 3.8) is 0 Å². The van der Waals surface area contributed by atoms with Crippen LogP contribution in [-0.2, 0) is 0 Å². The Bertz CT molecular complexity index is 551. The van der Waals surface area contributed by atoms with Crippen molar-refractivity contribution in [2.24, 2.45) is 0 Å². The highest BCUT2D eigenvalue weighted by molar-refractivity contribution is 5.82. The fraction of sp³-hybridized carbons (Fsp3) is 0. The normalized spacial score (nSPS) is 10.7. The van der Waals surface area contributed by atoms with Crippen molar-refractivity contribution >= 4 is 11.0 Å². The summed E-state index contributed by atoms with van der Waals surface area (Å²) in [5, 5.41) is 1.07. The van der Waals surface area contributed by atoms with Gasteiger partial charge in [-0.15, -0.1) is 0 Å². The lowest BCUT2D eigenvalue weighted by Gasteiger charge is -1.92. The smallest absolute Gasteiger partial charge is 0.142 e. The van der Waals surface area contributed by atoms with Gasteiger partial charge in [0.15, 0.2) is 0 Å². The van der Waals surface area contributed by atoms with Crippen molar-refractivity contribution in [1.82, 2.24) is 4.98 Å². The van der Waals surface area contributed by atoms with Crippen molar-refractivity contribution in [2.45, 2.75) is 0 Å². The van der Waals surface area contributed by atoms with Gasteiger partial charge in [0.2, 0.25) is 0 Å². The largest absolute Gasteiger partial charge is 0.455 e. The zero-order valence-electron chi connectivity index (χ0n) is 7.97. The molecule has 2 heterocycles. The van der Waals surface area contributed by atoms with E-state index >= 15 is 0 Å². The zero-order valence-corrected chi connectivity index (χ0v) is 7.97. The molecule has 3 aromatic rings. The molecule has 3 rings (SSSR count). The first-order valence-electron chi connectivity index (χ1n) is 4.74. The maximum atomic E-state index is 5.66. The van der Waals surface area contributed by atoms with E-state index < -0.39 is 0 Å². The lowest BCUT2D eigenvalue weighted by Crippen LogP contribution is -1.73. The van der Waals surface area contributed by atoms with Gasteiger partial charge in [0.25, 0.3) is 0 Å². The number of hydrogen-bond donors (Lipinski definition) is 0. The summed E-state index contributed by atoms with van der Waals surface area (Å²) in [5.74, 6) is 0.834. The van der Waals surface area contributed by atoms with E-state index in [9.17, 15) is 0 Å². The third-order valence-electron chi connectivity index (χ3n) is 2.29. The quantitative estimate of drug-likeness (QED) is 0.594. The molecular formula is C13H8NO. The van der Waals surface area contributed by atoms with Gasteiger partial charge >= 0.3 is 0 Å². The third kappa shape index (κ3) is 1.40. The average Bonchev–Trinajstić information content (AvgIpc) is 2.74. The van der Waals surface area contributed by atoms with Crippen LogP contribution in [0.15, 0.2) is 53.2 Å². The van der Waals surface area contributed by atoms with E-state index in [-0.39, 0.29) is 0 Å². The Kier molecular flexibility index (Phi) is 1.78. The molecule has 2 aromatic heterocycles. The molecule has 0 aliphatic carbocycles. The summed E-state index contributed by atoms with van der Waals surface area (Å²) in [6, 6.07) is 14.7. The molecule has 0 spiro atoms. The number of furan rings is 1. The first kappa shape index (κ1) is 8.24. The van der Waals surface area contributed by atoms with E-state index in [1.54, 1.807) is 12.4 Å². The van der Waals surface area contributed by atoms with Crippen LogP contribution >= 0.6 is 0 Å². The van der Waals surface area contributed by atoms with Crippen molar-refractivity contribution in [3.8, 4) is 11.3 Å². The second-order valence-corrected chi connectivity index (χ2v) is 3.31. The van der Waals surface area contributed by atoms with E-state index in [0.29, 0.717) is 0 Å². The number of benzene rings is 1. The summed E-state index contributed by atoms with van der Waals surface area (Å²) >= 11 is 0. The van der Waals surface area contributed by atoms with Gasteiger partial charge in [-0.1, -0.05) is 18.2 Å².